The van der Waals surface area contributed by atoms with E-state index in [1.54, 1.807) is 0 Å². The summed E-state index contributed by atoms with van der Waals surface area (Å²) >= 11 is 1.96. The maximum atomic E-state index is 12.4. The van der Waals surface area contributed by atoms with Gasteiger partial charge in [-0.15, -0.1) is 0 Å². The number of hydrogen-bond donors (Lipinski definition) is 2. The number of nitrogens with one attached hydrogen (secondary N) is 1. The Labute approximate surface area is 214 Å². The van der Waals surface area contributed by atoms with E-state index in [1.165, 1.54) is 5.56 Å². The van der Waals surface area contributed by atoms with E-state index in [4.69, 9.17) is 10.7 Å². The minimum absolute atomic E-state index is 0.0305. The van der Waals surface area contributed by atoms with Gasteiger partial charge in [0.05, 0.1) is 11.4 Å². The third kappa shape index (κ3) is 9.13. The molecule has 3 N–H and O–H groups in total. The van der Waals surface area contributed by atoms with E-state index in [1.807, 2.05) is 54.2 Å². The minimum atomic E-state index is -0.0305. The van der Waals surface area contributed by atoms with E-state index in [0.29, 0.717) is 12.1 Å². The second kappa shape index (κ2) is 14.7. The molecule has 0 aliphatic rings. The predicted octanol–water partition coefficient (Wildman–Crippen LogP) is 5.46. The van der Waals surface area contributed by atoms with Gasteiger partial charge >= 0.3 is 0 Å². The van der Waals surface area contributed by atoms with Crippen molar-refractivity contribution in [3.05, 3.63) is 77.9 Å². The Bertz CT molecular complexity index is 1040. The fourth-order valence-corrected chi connectivity index (χ4v) is 4.75. The maximum absolute atomic E-state index is 12.4. The van der Waals surface area contributed by atoms with Crippen LogP contribution in [0.4, 0.5) is 0 Å². The Morgan fingerprint density at radius 1 is 0.886 bits per heavy atom. The van der Waals surface area contributed by atoms with Gasteiger partial charge in [-0.2, -0.15) is 11.8 Å². The molecule has 0 unspecified atom stereocenters. The van der Waals surface area contributed by atoms with Gasteiger partial charge in [-0.25, -0.2) is 4.98 Å². The first-order valence-electron chi connectivity index (χ1n) is 12.4. The fraction of sp³-hybridized carbons (Fsp3) is 0.379. The van der Waals surface area contributed by atoms with E-state index in [2.05, 4.69) is 48.6 Å². The highest BCUT2D eigenvalue weighted by molar-refractivity contribution is 7.98. The summed E-state index contributed by atoms with van der Waals surface area (Å²) in [5.41, 5.74) is 11.5. The minimum Gasteiger partial charge on any atom is -0.352 e. The first-order chi connectivity index (χ1) is 17.1. The lowest BCUT2D eigenvalue weighted by atomic mass is 10.1. The van der Waals surface area contributed by atoms with Crippen molar-refractivity contribution in [3.63, 3.8) is 0 Å². The molecule has 0 saturated heterocycles. The van der Waals surface area contributed by atoms with Crippen LogP contribution >= 0.6 is 11.8 Å². The molecular weight excluding hydrogens is 452 g/mol. The number of pyridine rings is 1. The van der Waals surface area contributed by atoms with Crippen molar-refractivity contribution in [1.82, 2.24) is 15.2 Å². The van der Waals surface area contributed by atoms with Crippen molar-refractivity contribution in [3.8, 4) is 22.5 Å². The molecule has 0 saturated carbocycles. The topological polar surface area (TPSA) is 71.2 Å². The zero-order valence-electron chi connectivity index (χ0n) is 21.0. The van der Waals surface area contributed by atoms with Crippen LogP contribution in [0.15, 0.2) is 66.7 Å². The van der Waals surface area contributed by atoms with E-state index in [9.17, 15) is 4.79 Å². The monoisotopic (exact) mass is 490 g/mol. The van der Waals surface area contributed by atoms with Crippen LogP contribution in [0.2, 0.25) is 0 Å². The maximum Gasteiger partial charge on any atom is 0.251 e. The Hall–Kier alpha value is -2.67. The number of unbranched alkanes of at least 4 members (excludes halogenated alkanes) is 3. The Morgan fingerprint density at radius 3 is 2.14 bits per heavy atom. The van der Waals surface area contributed by atoms with Crippen LogP contribution in [0.3, 0.4) is 0 Å². The lowest BCUT2D eigenvalue weighted by molar-refractivity contribution is 0.0953. The summed E-state index contributed by atoms with van der Waals surface area (Å²) in [4.78, 5) is 19.5. The zero-order chi connectivity index (χ0) is 24.9. The molecule has 6 heteroatoms. The van der Waals surface area contributed by atoms with Gasteiger partial charge in [-0.3, -0.25) is 4.79 Å². The van der Waals surface area contributed by atoms with Crippen LogP contribution in [0.25, 0.3) is 22.5 Å². The largest absolute Gasteiger partial charge is 0.352 e. The first kappa shape index (κ1) is 26.9. The number of benzene rings is 2. The van der Waals surface area contributed by atoms with E-state index in [-0.39, 0.29) is 5.91 Å². The number of rotatable bonds is 14. The smallest absolute Gasteiger partial charge is 0.251 e. The summed E-state index contributed by atoms with van der Waals surface area (Å²) in [6.07, 6.45) is 4.24. The highest BCUT2D eigenvalue weighted by atomic mass is 32.2. The van der Waals surface area contributed by atoms with Gasteiger partial charge in [0.25, 0.3) is 5.91 Å². The molecule has 1 aromatic heterocycles. The van der Waals surface area contributed by atoms with Crippen molar-refractivity contribution in [2.24, 2.45) is 5.73 Å². The van der Waals surface area contributed by atoms with Gasteiger partial charge in [-0.05, 0) is 63.3 Å². The molecule has 0 aliphatic carbocycles. The van der Waals surface area contributed by atoms with E-state index >= 15 is 0 Å². The first-order valence-corrected chi connectivity index (χ1v) is 13.6. The molecule has 0 radical (unpaired) electrons. The summed E-state index contributed by atoms with van der Waals surface area (Å²) in [7, 11) is 4.21. The fourth-order valence-electron chi connectivity index (χ4n) is 3.68. The zero-order valence-corrected chi connectivity index (χ0v) is 21.8. The average Bonchev–Trinajstić information content (AvgIpc) is 2.89. The number of hydrogen-bond acceptors (Lipinski definition) is 5. The summed E-state index contributed by atoms with van der Waals surface area (Å²) in [5, 5.41) is 3.00. The summed E-state index contributed by atoms with van der Waals surface area (Å²) in [6, 6.07) is 22.5. The summed E-state index contributed by atoms with van der Waals surface area (Å²) in [6.45, 7) is 2.53. The molecule has 0 bridgehead atoms. The van der Waals surface area contributed by atoms with Crippen molar-refractivity contribution in [1.29, 1.82) is 0 Å². The molecule has 3 rings (SSSR count). The van der Waals surface area contributed by atoms with Crippen LogP contribution in [-0.4, -0.2) is 55.3 Å². The van der Waals surface area contributed by atoms with Crippen molar-refractivity contribution in [2.45, 2.75) is 31.4 Å². The van der Waals surface area contributed by atoms with Crippen molar-refractivity contribution < 1.29 is 4.79 Å². The number of amides is 1. The summed E-state index contributed by atoms with van der Waals surface area (Å²) in [5.74, 6) is 2.13. The average molecular weight is 491 g/mol. The van der Waals surface area contributed by atoms with Gasteiger partial charge < -0.3 is 16.0 Å². The Morgan fingerprint density at radius 2 is 1.51 bits per heavy atom. The number of carbonyl (C=O) groups excluding carboxylic acids is 1. The van der Waals surface area contributed by atoms with E-state index < -0.39 is 0 Å². The van der Waals surface area contributed by atoms with Crippen LogP contribution in [0.5, 0.6) is 0 Å². The molecule has 0 atom stereocenters. The molecule has 2 aromatic carbocycles. The van der Waals surface area contributed by atoms with Gasteiger partial charge in [0, 0.05) is 41.3 Å². The Balaban J connectivity index is 1.56. The molecule has 35 heavy (non-hydrogen) atoms. The van der Waals surface area contributed by atoms with Crippen LogP contribution in [-0.2, 0) is 5.75 Å². The second-order valence-electron chi connectivity index (χ2n) is 9.00. The second-order valence-corrected chi connectivity index (χ2v) is 10.1. The lowest BCUT2D eigenvalue weighted by Gasteiger charge is -2.09. The van der Waals surface area contributed by atoms with Crippen LogP contribution in [0, 0.1) is 0 Å². The van der Waals surface area contributed by atoms with Gasteiger partial charge in [0.15, 0.2) is 0 Å². The highest BCUT2D eigenvalue weighted by Gasteiger charge is 2.08. The molecule has 5 nitrogen and oxygen atoms in total. The summed E-state index contributed by atoms with van der Waals surface area (Å²) < 4.78 is 0. The predicted molar refractivity (Wildman–Crippen MR) is 150 cm³/mol. The molecule has 3 aromatic rings. The Kier molecular flexibility index (Phi) is 11.3. The van der Waals surface area contributed by atoms with Gasteiger partial charge in [0.1, 0.15) is 0 Å². The molecule has 0 fully saturated rings. The van der Waals surface area contributed by atoms with Gasteiger partial charge in [-0.1, -0.05) is 55.3 Å². The molecular formula is C29H38N4OS. The molecule has 1 amide bonds. The number of aromatic nitrogens is 1. The SMILES string of the molecule is CN(C)CCSCc1ccc(-c2cccc(-c3ccc(C(=O)NCCCCCCN)cc3)n2)cc1. The number of thioether (sulfide) groups is 1. The lowest BCUT2D eigenvalue weighted by Crippen LogP contribution is -2.24. The molecule has 186 valence electrons. The quantitative estimate of drug-likeness (QED) is 0.294. The standard InChI is InChI=1S/C29H38N4OS/c1-33(2)20-21-35-22-23-10-12-24(13-11-23)27-8-7-9-28(32-27)25-14-16-26(17-15-25)29(34)31-19-6-4-3-5-18-30/h7-17H,3-6,18-22,30H2,1-2H3,(H,31,34). The number of nitrogens with zero attached hydrogens (tertiary/aromatic N) is 2. The van der Waals surface area contributed by atoms with Crippen LogP contribution in [0.1, 0.15) is 41.6 Å². The third-order valence-electron chi connectivity index (χ3n) is 5.81. The van der Waals surface area contributed by atoms with Gasteiger partial charge in [0.2, 0.25) is 0 Å². The van der Waals surface area contributed by atoms with Crippen LogP contribution < -0.4 is 11.1 Å². The normalized spacial score (nSPS) is 11.1. The van der Waals surface area contributed by atoms with Crippen molar-refractivity contribution in [2.75, 3.05) is 39.5 Å². The van der Waals surface area contributed by atoms with Crippen molar-refractivity contribution >= 4 is 17.7 Å². The van der Waals surface area contributed by atoms with E-state index in [0.717, 1.165) is 72.8 Å². The molecule has 0 aliphatic heterocycles. The number of nitrogens with two attached hydrogens (primary N) is 1. The molecule has 1 heterocycles. The third-order valence-corrected chi connectivity index (χ3v) is 6.82. The highest BCUT2D eigenvalue weighted by Crippen LogP contribution is 2.24. The number of carbonyl (C=O) groups is 1. The molecule has 0 spiro atoms.